The van der Waals surface area contributed by atoms with Gasteiger partial charge in [-0.2, -0.15) is 11.0 Å². The molecule has 7 rings (SSSR count). The van der Waals surface area contributed by atoms with Crippen LogP contribution in [0.1, 0.15) is 153 Å². The average molecular weight is 993 g/mol. The van der Waals surface area contributed by atoms with Gasteiger partial charge in [0.1, 0.15) is 6.21 Å². The van der Waals surface area contributed by atoms with Gasteiger partial charge in [0.25, 0.3) is 5.91 Å². The van der Waals surface area contributed by atoms with Crippen LogP contribution in [-0.4, -0.2) is 125 Å². The monoisotopic (exact) mass is 993 g/mol. The zero-order valence-corrected chi connectivity index (χ0v) is 43.7. The summed E-state index contributed by atoms with van der Waals surface area (Å²) >= 11 is 0. The van der Waals surface area contributed by atoms with Crippen molar-refractivity contribution in [2.24, 2.45) is 5.16 Å². The van der Waals surface area contributed by atoms with E-state index in [9.17, 15) is 19.6 Å². The molecule has 5 atom stereocenters. The van der Waals surface area contributed by atoms with E-state index in [4.69, 9.17) is 16.1 Å². The molecule has 1 aliphatic carbocycles. The van der Waals surface area contributed by atoms with Gasteiger partial charge < -0.3 is 37.3 Å². The number of hydroxylamine groups is 2. The Labute approximate surface area is 427 Å². The summed E-state index contributed by atoms with van der Waals surface area (Å²) in [7, 11) is 0. The highest BCUT2D eigenvalue weighted by molar-refractivity contribution is 6.26. The molecule has 0 spiro atoms. The SMILES string of the molecule is C[C@@H](CN1CCCc2cc(N)c(CC(C)(C)c3ccc(C4CCCC(c5cccc6c5CN(C[C@H](C)NC(=O)CNO)CCCC6)C4)c4c3CCCN(C[C@H](C)NC(=O)CNO)C4)cc2C1)NC(=O)/C=N\O. The Hall–Kier alpha value is -4.94. The summed E-state index contributed by atoms with van der Waals surface area (Å²) in [5, 5.41) is 39.0. The van der Waals surface area contributed by atoms with Crippen LogP contribution in [-0.2, 0) is 65.1 Å². The van der Waals surface area contributed by atoms with Gasteiger partial charge in [-0.3, -0.25) is 29.1 Å². The molecule has 3 heterocycles. The van der Waals surface area contributed by atoms with Crippen LogP contribution in [0.2, 0.25) is 0 Å². The van der Waals surface area contributed by atoms with Crippen LogP contribution in [0.25, 0.3) is 0 Å². The van der Waals surface area contributed by atoms with E-state index in [0.717, 1.165) is 140 Å². The Morgan fingerprint density at radius 1 is 0.694 bits per heavy atom. The Kier molecular flexibility index (Phi) is 19.7. The summed E-state index contributed by atoms with van der Waals surface area (Å²) in [5.41, 5.74) is 25.4. The standard InChI is InChI=1S/C56H84N10O6/c1-37(61-53(67)28-58-70)31-64-22-10-16-41-26-52(57)44(25-45(41)34-64)27-56(4,5)51-20-19-47(50-36-66(23-11-18-48(50)51)33-39(3)63-55(69)30-60-72)43-15-8-14-42(24-43)46-17-9-13-40-12-6-7-21-65(35-49(40)46)32-38(2)62-54(68)29-59-71/h9,13,17,19-20,25-26,28,37-39,42-43,59-60,70-72H,6-8,10-12,14-16,18,21-24,27,29-36,57H2,1-5H3,(H,61,67)(H,62,68)(H,63,69)/b58-28-/t37-,38-,39-,42?,43?/m0/s1. The minimum Gasteiger partial charge on any atom is -0.411 e. The van der Waals surface area contributed by atoms with E-state index in [1.54, 1.807) is 0 Å². The summed E-state index contributed by atoms with van der Waals surface area (Å²) in [4.78, 5) is 44.4. The van der Waals surface area contributed by atoms with Gasteiger partial charge in [-0.1, -0.05) is 61.8 Å². The lowest BCUT2D eigenvalue weighted by atomic mass is 9.70. The van der Waals surface area contributed by atoms with E-state index in [0.29, 0.717) is 24.9 Å². The van der Waals surface area contributed by atoms with Crippen LogP contribution in [0.4, 0.5) is 5.69 Å². The highest BCUT2D eigenvalue weighted by Gasteiger charge is 2.34. The smallest absolute Gasteiger partial charge is 0.266 e. The maximum Gasteiger partial charge on any atom is 0.266 e. The van der Waals surface area contributed by atoms with E-state index in [-0.39, 0.29) is 48.4 Å². The van der Waals surface area contributed by atoms with Crippen LogP contribution in [0.15, 0.2) is 47.6 Å². The molecule has 16 nitrogen and oxygen atoms in total. The third-order valence-corrected chi connectivity index (χ3v) is 15.8. The predicted octanol–water partition coefficient (Wildman–Crippen LogP) is 5.80. The van der Waals surface area contributed by atoms with Crippen molar-refractivity contribution in [1.29, 1.82) is 0 Å². The summed E-state index contributed by atoms with van der Waals surface area (Å²) in [6.07, 6.45) is 13.4. The summed E-state index contributed by atoms with van der Waals surface area (Å²) in [5.74, 6) is -0.0482. The third-order valence-electron chi connectivity index (χ3n) is 15.8. The normalized spacial score (nSPS) is 20.7. The van der Waals surface area contributed by atoms with E-state index in [1.807, 2.05) is 31.7 Å². The van der Waals surface area contributed by atoms with Crippen LogP contribution < -0.4 is 32.6 Å². The summed E-state index contributed by atoms with van der Waals surface area (Å²) < 4.78 is 0. The van der Waals surface area contributed by atoms with E-state index in [1.165, 1.54) is 50.1 Å². The number of carbonyl (C=O) groups excluding carboxylic acids is 3. The van der Waals surface area contributed by atoms with Crippen LogP contribution >= 0.6 is 0 Å². The number of benzene rings is 3. The van der Waals surface area contributed by atoms with Crippen molar-refractivity contribution in [3.8, 4) is 0 Å². The highest BCUT2D eigenvalue weighted by atomic mass is 16.5. The van der Waals surface area contributed by atoms with Crippen LogP contribution in [0.3, 0.4) is 0 Å². The van der Waals surface area contributed by atoms with Crippen molar-refractivity contribution in [3.05, 3.63) is 98.1 Å². The number of hydrogen-bond donors (Lipinski definition) is 9. The van der Waals surface area contributed by atoms with Gasteiger partial charge in [0.05, 0.1) is 13.1 Å². The zero-order chi connectivity index (χ0) is 51.4. The molecule has 10 N–H and O–H groups in total. The first-order valence-corrected chi connectivity index (χ1v) is 26.8. The molecule has 3 aliphatic heterocycles. The Bertz CT molecular complexity index is 2360. The van der Waals surface area contributed by atoms with Gasteiger partial charge in [0.2, 0.25) is 11.8 Å². The minimum atomic E-state index is -0.413. The molecule has 4 aliphatic rings. The number of amides is 3. The van der Waals surface area contributed by atoms with Gasteiger partial charge in [0.15, 0.2) is 0 Å². The van der Waals surface area contributed by atoms with Crippen molar-refractivity contribution in [2.75, 3.05) is 58.1 Å². The van der Waals surface area contributed by atoms with Gasteiger partial charge in [-0.05, 0) is 190 Å². The van der Waals surface area contributed by atoms with Gasteiger partial charge in [0, 0.05) is 63.1 Å². The zero-order valence-electron chi connectivity index (χ0n) is 43.7. The van der Waals surface area contributed by atoms with E-state index >= 15 is 0 Å². The third kappa shape index (κ3) is 14.6. The lowest BCUT2D eigenvalue weighted by Gasteiger charge is -2.37. The molecule has 0 saturated heterocycles. The molecule has 394 valence electrons. The van der Waals surface area contributed by atoms with Crippen molar-refractivity contribution < 1.29 is 30.0 Å². The number of fused-ring (bicyclic) bond motifs is 3. The van der Waals surface area contributed by atoms with Gasteiger partial charge in [-0.15, -0.1) is 0 Å². The fraction of sp³-hybridized carbons (Fsp3) is 0.607. The van der Waals surface area contributed by atoms with Crippen LogP contribution in [0.5, 0.6) is 0 Å². The molecule has 0 bridgehead atoms. The second-order valence-corrected chi connectivity index (χ2v) is 22.2. The number of nitrogens with two attached hydrogens (primary N) is 1. The number of aryl methyl sites for hydroxylation is 2. The number of hydrogen-bond acceptors (Lipinski definition) is 13. The largest absolute Gasteiger partial charge is 0.411 e. The second-order valence-electron chi connectivity index (χ2n) is 22.2. The number of carbonyl (C=O) groups is 3. The molecule has 1 saturated carbocycles. The molecule has 2 unspecified atom stereocenters. The second kappa shape index (κ2) is 25.8. The first kappa shape index (κ1) is 54.8. The minimum absolute atomic E-state index is 0.0529. The molecule has 16 heteroatoms. The average Bonchev–Trinajstić information content (AvgIpc) is 3.64. The number of oxime groups is 1. The molecule has 3 aromatic rings. The molecule has 3 aromatic carbocycles. The van der Waals surface area contributed by atoms with E-state index in [2.05, 4.69) is 92.1 Å². The number of nitrogens with zero attached hydrogens (tertiary/aromatic N) is 4. The van der Waals surface area contributed by atoms with Gasteiger partial charge in [-0.25, -0.2) is 0 Å². The fourth-order valence-electron chi connectivity index (χ4n) is 12.7. The molecule has 0 aromatic heterocycles. The van der Waals surface area contributed by atoms with Gasteiger partial charge >= 0.3 is 0 Å². The Morgan fingerprint density at radius 3 is 1.93 bits per heavy atom. The summed E-state index contributed by atoms with van der Waals surface area (Å²) in [6, 6.07) is 16.2. The molecule has 1 fully saturated rings. The summed E-state index contributed by atoms with van der Waals surface area (Å²) in [6.45, 7) is 17.9. The lowest BCUT2D eigenvalue weighted by molar-refractivity contribution is -0.123. The Morgan fingerprint density at radius 2 is 1.28 bits per heavy atom. The number of rotatable bonds is 19. The number of anilines is 1. The maximum absolute atomic E-state index is 12.5. The van der Waals surface area contributed by atoms with Crippen molar-refractivity contribution in [2.45, 2.75) is 167 Å². The lowest BCUT2D eigenvalue weighted by Crippen LogP contribution is -2.45. The van der Waals surface area contributed by atoms with Crippen molar-refractivity contribution >= 4 is 29.6 Å². The van der Waals surface area contributed by atoms with Crippen molar-refractivity contribution in [3.63, 3.8) is 0 Å². The topological polar surface area (TPSA) is 220 Å². The molecular formula is C56H84N10O6. The quantitative estimate of drug-likeness (QED) is 0.0302. The number of nitrogen functional groups attached to an aromatic ring is 1. The first-order valence-electron chi connectivity index (χ1n) is 26.8. The van der Waals surface area contributed by atoms with Crippen LogP contribution in [0, 0.1) is 0 Å². The molecule has 0 radical (unpaired) electrons. The maximum atomic E-state index is 12.5. The predicted molar refractivity (Wildman–Crippen MR) is 283 cm³/mol. The Balaban J connectivity index is 1.17. The van der Waals surface area contributed by atoms with E-state index < -0.39 is 5.91 Å². The molecule has 3 amide bonds. The highest BCUT2D eigenvalue weighted by Crippen LogP contribution is 2.47. The molecule has 72 heavy (non-hydrogen) atoms. The fourth-order valence-corrected chi connectivity index (χ4v) is 12.7. The van der Waals surface area contributed by atoms with Crippen molar-refractivity contribution in [1.82, 2.24) is 41.6 Å². The number of nitrogens with one attached hydrogen (secondary N) is 5. The first-order chi connectivity index (χ1) is 34.6. The molecular weight excluding hydrogens is 909 g/mol.